The van der Waals surface area contributed by atoms with Crippen LogP contribution in [0, 0.1) is 11.3 Å². The first kappa shape index (κ1) is 12.7. The number of thiophene rings is 1. The molecule has 0 bridgehead atoms. The fourth-order valence-corrected chi connectivity index (χ4v) is 2.87. The summed E-state index contributed by atoms with van der Waals surface area (Å²) in [4.78, 5) is 3.17. The van der Waals surface area contributed by atoms with Crippen molar-refractivity contribution in [2.45, 2.75) is 6.54 Å². The molecule has 5 heteroatoms. The summed E-state index contributed by atoms with van der Waals surface area (Å²) >= 11 is 7.44. The average Bonchev–Trinajstić information content (AvgIpc) is 2.74. The molecular formula is C13H12ClN3S. The van der Waals surface area contributed by atoms with Crippen molar-refractivity contribution in [1.29, 1.82) is 5.26 Å². The van der Waals surface area contributed by atoms with Crippen LogP contribution in [0.2, 0.25) is 4.34 Å². The molecule has 1 aromatic carbocycles. The van der Waals surface area contributed by atoms with Crippen LogP contribution < -0.4 is 10.6 Å². The monoisotopic (exact) mass is 277 g/mol. The van der Waals surface area contributed by atoms with E-state index in [1.165, 1.54) is 0 Å². The van der Waals surface area contributed by atoms with Gasteiger partial charge in [0.1, 0.15) is 6.07 Å². The molecule has 2 aromatic rings. The number of nitrogens with two attached hydrogens (primary N) is 1. The van der Waals surface area contributed by atoms with Crippen LogP contribution in [-0.4, -0.2) is 7.05 Å². The third kappa shape index (κ3) is 2.76. The van der Waals surface area contributed by atoms with E-state index in [0.29, 0.717) is 11.3 Å². The third-order valence-electron chi connectivity index (χ3n) is 2.57. The first-order chi connectivity index (χ1) is 8.60. The summed E-state index contributed by atoms with van der Waals surface area (Å²) in [7, 11) is 1.94. The minimum Gasteiger partial charge on any atom is -0.399 e. The van der Waals surface area contributed by atoms with E-state index in [2.05, 4.69) is 6.07 Å². The van der Waals surface area contributed by atoms with Crippen LogP contribution in [0.5, 0.6) is 0 Å². The molecule has 0 unspecified atom stereocenters. The maximum absolute atomic E-state index is 9.11. The van der Waals surface area contributed by atoms with Gasteiger partial charge in [0.15, 0.2) is 0 Å². The summed E-state index contributed by atoms with van der Waals surface area (Å²) in [6.07, 6.45) is 0. The van der Waals surface area contributed by atoms with Crippen LogP contribution >= 0.6 is 22.9 Å². The van der Waals surface area contributed by atoms with E-state index >= 15 is 0 Å². The first-order valence-electron chi connectivity index (χ1n) is 5.35. The number of benzene rings is 1. The number of halogens is 1. The van der Waals surface area contributed by atoms with Crippen molar-refractivity contribution in [3.63, 3.8) is 0 Å². The maximum atomic E-state index is 9.11. The van der Waals surface area contributed by atoms with Crippen molar-refractivity contribution in [3.05, 3.63) is 45.1 Å². The summed E-state index contributed by atoms with van der Waals surface area (Å²) in [5, 5.41) is 9.11. The molecule has 0 saturated heterocycles. The predicted molar refractivity (Wildman–Crippen MR) is 77.0 cm³/mol. The van der Waals surface area contributed by atoms with Crippen LogP contribution in [0.15, 0.2) is 30.3 Å². The molecule has 3 nitrogen and oxygen atoms in total. The van der Waals surface area contributed by atoms with Crippen molar-refractivity contribution in [1.82, 2.24) is 0 Å². The van der Waals surface area contributed by atoms with E-state index in [0.717, 1.165) is 21.4 Å². The van der Waals surface area contributed by atoms with Gasteiger partial charge in [0.25, 0.3) is 0 Å². The molecule has 0 spiro atoms. The lowest BCUT2D eigenvalue weighted by Crippen LogP contribution is -2.16. The highest BCUT2D eigenvalue weighted by molar-refractivity contribution is 7.16. The van der Waals surface area contributed by atoms with Crippen LogP contribution in [-0.2, 0) is 6.54 Å². The summed E-state index contributed by atoms with van der Waals surface area (Å²) in [5.74, 6) is 0. The second-order valence-corrected chi connectivity index (χ2v) is 5.75. The molecule has 2 rings (SSSR count). The molecule has 0 aliphatic carbocycles. The smallest absolute Gasteiger partial charge is 0.101 e. The number of anilines is 2. The van der Waals surface area contributed by atoms with Gasteiger partial charge >= 0.3 is 0 Å². The molecule has 0 saturated carbocycles. The molecule has 18 heavy (non-hydrogen) atoms. The van der Waals surface area contributed by atoms with E-state index in [1.807, 2.05) is 30.1 Å². The van der Waals surface area contributed by atoms with Crippen molar-refractivity contribution in [2.75, 3.05) is 17.7 Å². The van der Waals surface area contributed by atoms with Crippen molar-refractivity contribution >= 4 is 34.3 Å². The Morgan fingerprint density at radius 3 is 2.78 bits per heavy atom. The third-order valence-corrected chi connectivity index (χ3v) is 3.79. The quantitative estimate of drug-likeness (QED) is 0.874. The van der Waals surface area contributed by atoms with Crippen molar-refractivity contribution < 1.29 is 0 Å². The molecule has 0 aliphatic rings. The summed E-state index contributed by atoms with van der Waals surface area (Å²) < 4.78 is 0.774. The van der Waals surface area contributed by atoms with Gasteiger partial charge in [-0.05, 0) is 30.3 Å². The number of nitrogens with zero attached hydrogens (tertiary/aromatic N) is 2. The Bertz CT molecular complexity index is 601. The summed E-state index contributed by atoms with van der Waals surface area (Å²) in [6, 6.07) is 11.4. The topological polar surface area (TPSA) is 53.0 Å². The maximum Gasteiger partial charge on any atom is 0.101 e. The molecule has 0 fully saturated rings. The van der Waals surface area contributed by atoms with Gasteiger partial charge in [-0.3, -0.25) is 0 Å². The Hall–Kier alpha value is -1.70. The Balaban J connectivity index is 2.24. The van der Waals surface area contributed by atoms with Gasteiger partial charge < -0.3 is 10.6 Å². The number of nitrogen functional groups attached to an aromatic ring is 1. The minimum atomic E-state index is 0.583. The van der Waals surface area contributed by atoms with Crippen LogP contribution in [0.3, 0.4) is 0 Å². The largest absolute Gasteiger partial charge is 0.399 e. The van der Waals surface area contributed by atoms with Crippen LogP contribution in [0.4, 0.5) is 11.4 Å². The van der Waals surface area contributed by atoms with Gasteiger partial charge in [-0.25, -0.2) is 0 Å². The van der Waals surface area contributed by atoms with E-state index in [1.54, 1.807) is 23.5 Å². The van der Waals surface area contributed by atoms with Crippen LogP contribution in [0.1, 0.15) is 10.4 Å². The highest BCUT2D eigenvalue weighted by Crippen LogP contribution is 2.26. The lowest BCUT2D eigenvalue weighted by atomic mass is 10.1. The number of nitriles is 1. The molecule has 2 N–H and O–H groups in total. The Morgan fingerprint density at radius 1 is 1.39 bits per heavy atom. The Morgan fingerprint density at radius 2 is 2.17 bits per heavy atom. The molecule has 1 heterocycles. The molecule has 0 atom stereocenters. The van der Waals surface area contributed by atoms with Gasteiger partial charge in [-0.1, -0.05) is 11.6 Å². The molecule has 0 amide bonds. The van der Waals surface area contributed by atoms with Gasteiger partial charge in [-0.2, -0.15) is 5.26 Å². The fraction of sp³-hybridized carbons (Fsp3) is 0.154. The number of hydrogen-bond donors (Lipinski definition) is 1. The second kappa shape index (κ2) is 5.30. The average molecular weight is 278 g/mol. The SMILES string of the molecule is CN(Cc1ccc(Cl)s1)c1ccc(N)cc1C#N. The fourth-order valence-electron chi connectivity index (χ4n) is 1.73. The lowest BCUT2D eigenvalue weighted by Gasteiger charge is -2.19. The second-order valence-electron chi connectivity index (χ2n) is 3.95. The van der Waals surface area contributed by atoms with Crippen molar-refractivity contribution in [2.24, 2.45) is 0 Å². The normalized spacial score (nSPS) is 10.1. The van der Waals surface area contributed by atoms with Crippen molar-refractivity contribution in [3.8, 4) is 6.07 Å². The zero-order chi connectivity index (χ0) is 13.1. The standard InChI is InChI=1S/C13H12ClN3S/c1-17(8-11-3-5-13(14)18-11)12-4-2-10(16)6-9(12)7-15/h2-6H,8,16H2,1H3. The minimum absolute atomic E-state index is 0.583. The lowest BCUT2D eigenvalue weighted by molar-refractivity contribution is 0.938. The highest BCUT2D eigenvalue weighted by Gasteiger charge is 2.09. The summed E-state index contributed by atoms with van der Waals surface area (Å²) in [5.41, 5.74) is 7.73. The van der Waals surface area contributed by atoms with E-state index in [-0.39, 0.29) is 0 Å². The molecular weight excluding hydrogens is 266 g/mol. The first-order valence-corrected chi connectivity index (χ1v) is 6.54. The van der Waals surface area contributed by atoms with E-state index < -0.39 is 0 Å². The Labute approximate surface area is 115 Å². The Kier molecular flexibility index (Phi) is 3.75. The van der Waals surface area contributed by atoms with Gasteiger partial charge in [0.05, 0.1) is 22.1 Å². The van der Waals surface area contributed by atoms with E-state index in [9.17, 15) is 0 Å². The number of hydrogen-bond acceptors (Lipinski definition) is 4. The van der Waals surface area contributed by atoms with Gasteiger partial charge in [0, 0.05) is 17.6 Å². The van der Waals surface area contributed by atoms with E-state index in [4.69, 9.17) is 22.6 Å². The molecule has 92 valence electrons. The number of rotatable bonds is 3. The predicted octanol–water partition coefficient (Wildman–Crippen LogP) is 3.49. The molecule has 0 radical (unpaired) electrons. The summed E-state index contributed by atoms with van der Waals surface area (Å²) in [6.45, 7) is 0.718. The van der Waals surface area contributed by atoms with Gasteiger partial charge in [-0.15, -0.1) is 11.3 Å². The van der Waals surface area contributed by atoms with Gasteiger partial charge in [0.2, 0.25) is 0 Å². The molecule has 1 aromatic heterocycles. The highest BCUT2D eigenvalue weighted by atomic mass is 35.5. The van der Waals surface area contributed by atoms with Crippen LogP contribution in [0.25, 0.3) is 0 Å². The zero-order valence-corrected chi connectivity index (χ0v) is 11.4. The zero-order valence-electron chi connectivity index (χ0n) is 9.85. The molecule has 0 aliphatic heterocycles.